The van der Waals surface area contributed by atoms with E-state index in [1.807, 2.05) is 42.5 Å². The van der Waals surface area contributed by atoms with Crippen molar-refractivity contribution in [1.82, 2.24) is 10.3 Å². The largest absolute Gasteiger partial charge is 0.346 e. The summed E-state index contributed by atoms with van der Waals surface area (Å²) in [5, 5.41) is 3.13. The second-order valence-corrected chi connectivity index (χ2v) is 9.27. The first-order valence-electron chi connectivity index (χ1n) is 10.1. The summed E-state index contributed by atoms with van der Waals surface area (Å²) in [7, 11) is -3.88. The zero-order valence-corrected chi connectivity index (χ0v) is 19.0. The lowest BCUT2D eigenvalue weighted by atomic mass is 10.0. The molecule has 8 heteroatoms. The number of benzene rings is 3. The number of sulfonamides is 1. The number of pyridine rings is 1. The molecule has 33 heavy (non-hydrogen) atoms. The molecule has 166 valence electrons. The molecule has 4 rings (SSSR count). The van der Waals surface area contributed by atoms with E-state index in [2.05, 4.69) is 15.0 Å². The third-order valence-corrected chi connectivity index (χ3v) is 6.53. The predicted molar refractivity (Wildman–Crippen MR) is 130 cm³/mol. The second kappa shape index (κ2) is 9.85. The van der Waals surface area contributed by atoms with Gasteiger partial charge in [-0.15, -0.1) is 0 Å². The van der Waals surface area contributed by atoms with Gasteiger partial charge in [-0.25, -0.2) is 8.42 Å². The summed E-state index contributed by atoms with van der Waals surface area (Å²) >= 11 is 6.10. The molecule has 6 nitrogen and oxygen atoms in total. The SMILES string of the molecule is O=C(NCc1ncccc1-c1ccccc1)c1cc(Cl)ccc1NS(=O)(=O)c1ccccc1. The first-order valence-corrected chi connectivity index (χ1v) is 11.9. The molecule has 0 saturated heterocycles. The maximum atomic E-state index is 13.0. The van der Waals surface area contributed by atoms with Crippen molar-refractivity contribution in [3.63, 3.8) is 0 Å². The standard InChI is InChI=1S/C25H20ClN3O3S/c26-19-13-14-23(29-33(31,32)20-10-5-2-6-11-20)22(16-19)25(30)28-17-24-21(12-7-15-27-24)18-8-3-1-4-9-18/h1-16,29H,17H2,(H,28,30). The minimum absolute atomic E-state index is 0.0901. The van der Waals surface area contributed by atoms with Crippen LogP contribution in [0.2, 0.25) is 5.02 Å². The van der Waals surface area contributed by atoms with E-state index in [1.165, 1.54) is 30.3 Å². The quantitative estimate of drug-likeness (QED) is 0.386. The first-order chi connectivity index (χ1) is 15.9. The van der Waals surface area contributed by atoms with Crippen molar-refractivity contribution in [3.05, 3.63) is 113 Å². The molecular formula is C25H20ClN3O3S. The lowest BCUT2D eigenvalue weighted by Crippen LogP contribution is -2.25. The number of nitrogens with zero attached hydrogens (tertiary/aromatic N) is 1. The minimum atomic E-state index is -3.88. The Kier molecular flexibility index (Phi) is 6.72. The molecule has 0 aliphatic carbocycles. The molecule has 0 aliphatic rings. The third kappa shape index (κ3) is 5.39. The van der Waals surface area contributed by atoms with Gasteiger partial charge in [0.15, 0.2) is 0 Å². The van der Waals surface area contributed by atoms with E-state index in [0.717, 1.165) is 11.1 Å². The van der Waals surface area contributed by atoms with E-state index in [-0.39, 0.29) is 22.7 Å². The van der Waals surface area contributed by atoms with E-state index in [1.54, 1.807) is 24.4 Å². The van der Waals surface area contributed by atoms with Crippen molar-refractivity contribution < 1.29 is 13.2 Å². The summed E-state index contributed by atoms with van der Waals surface area (Å²) in [6, 6.07) is 25.8. The number of hydrogen-bond donors (Lipinski definition) is 2. The Morgan fingerprint density at radius 2 is 1.58 bits per heavy atom. The lowest BCUT2D eigenvalue weighted by molar-refractivity contribution is 0.0951. The molecule has 0 unspecified atom stereocenters. The van der Waals surface area contributed by atoms with Gasteiger partial charge in [-0.05, 0) is 42.0 Å². The van der Waals surface area contributed by atoms with Gasteiger partial charge < -0.3 is 5.32 Å². The van der Waals surface area contributed by atoms with Crippen molar-refractivity contribution in [2.24, 2.45) is 0 Å². The fraction of sp³-hybridized carbons (Fsp3) is 0.0400. The van der Waals surface area contributed by atoms with E-state index in [9.17, 15) is 13.2 Å². The van der Waals surface area contributed by atoms with Crippen molar-refractivity contribution in [1.29, 1.82) is 0 Å². The third-order valence-electron chi connectivity index (χ3n) is 4.92. The van der Waals surface area contributed by atoms with Crippen LogP contribution in [0.5, 0.6) is 0 Å². The predicted octanol–water partition coefficient (Wildman–Crippen LogP) is 5.13. The van der Waals surface area contributed by atoms with Gasteiger partial charge in [0.05, 0.1) is 28.4 Å². The zero-order chi connectivity index (χ0) is 23.3. The maximum Gasteiger partial charge on any atom is 0.261 e. The molecule has 0 bridgehead atoms. The second-order valence-electron chi connectivity index (χ2n) is 7.15. The highest BCUT2D eigenvalue weighted by Gasteiger charge is 2.19. The number of carbonyl (C=O) groups excluding carboxylic acids is 1. The number of hydrogen-bond acceptors (Lipinski definition) is 4. The van der Waals surface area contributed by atoms with Crippen LogP contribution in [0.1, 0.15) is 16.1 Å². The van der Waals surface area contributed by atoms with Crippen molar-refractivity contribution in [2.45, 2.75) is 11.4 Å². The Labute approximate surface area is 197 Å². The molecule has 0 saturated carbocycles. The summed E-state index contributed by atoms with van der Waals surface area (Å²) in [4.78, 5) is 17.5. The molecular weight excluding hydrogens is 458 g/mol. The van der Waals surface area contributed by atoms with Crippen LogP contribution in [0.15, 0.2) is 102 Å². The summed E-state index contributed by atoms with van der Waals surface area (Å²) in [5.41, 5.74) is 2.80. The van der Waals surface area contributed by atoms with Gasteiger partial charge in [0.1, 0.15) is 0 Å². The Bertz CT molecular complexity index is 1380. The first kappa shape index (κ1) is 22.5. The molecule has 2 N–H and O–H groups in total. The number of carbonyl (C=O) groups is 1. The maximum absolute atomic E-state index is 13.0. The summed E-state index contributed by atoms with van der Waals surface area (Å²) in [6.45, 7) is 0.154. The van der Waals surface area contributed by atoms with E-state index >= 15 is 0 Å². The highest BCUT2D eigenvalue weighted by atomic mass is 35.5. The fourth-order valence-corrected chi connectivity index (χ4v) is 4.59. The molecule has 3 aromatic carbocycles. The minimum Gasteiger partial charge on any atom is -0.346 e. The van der Waals surface area contributed by atoms with Crippen LogP contribution in [0.25, 0.3) is 11.1 Å². The van der Waals surface area contributed by atoms with Gasteiger partial charge >= 0.3 is 0 Å². The highest BCUT2D eigenvalue weighted by molar-refractivity contribution is 7.92. The van der Waals surface area contributed by atoms with Crippen molar-refractivity contribution in [2.75, 3.05) is 4.72 Å². The van der Waals surface area contributed by atoms with Gasteiger partial charge in [-0.3, -0.25) is 14.5 Å². The molecule has 0 fully saturated rings. The fourth-order valence-electron chi connectivity index (χ4n) is 3.32. The molecule has 0 spiro atoms. The lowest BCUT2D eigenvalue weighted by Gasteiger charge is -2.14. The smallest absolute Gasteiger partial charge is 0.261 e. The van der Waals surface area contributed by atoms with Gasteiger partial charge in [0.2, 0.25) is 0 Å². The van der Waals surface area contributed by atoms with E-state index < -0.39 is 15.9 Å². The average Bonchev–Trinajstić information content (AvgIpc) is 2.85. The number of halogens is 1. The van der Waals surface area contributed by atoms with Crippen molar-refractivity contribution in [3.8, 4) is 11.1 Å². The van der Waals surface area contributed by atoms with Crippen LogP contribution < -0.4 is 10.0 Å². The molecule has 0 atom stereocenters. The van der Waals surface area contributed by atoms with Crippen LogP contribution in [0.3, 0.4) is 0 Å². The number of amides is 1. The average molecular weight is 478 g/mol. The van der Waals surface area contributed by atoms with Gasteiger partial charge in [0.25, 0.3) is 15.9 Å². The Hall–Kier alpha value is -3.68. The number of rotatable bonds is 7. The Morgan fingerprint density at radius 3 is 2.30 bits per heavy atom. The van der Waals surface area contributed by atoms with Gasteiger partial charge in [0, 0.05) is 16.8 Å². The van der Waals surface area contributed by atoms with Crippen LogP contribution in [-0.2, 0) is 16.6 Å². The summed E-state index contributed by atoms with van der Waals surface area (Å²) in [5.74, 6) is -0.479. The molecule has 0 radical (unpaired) electrons. The molecule has 1 heterocycles. The van der Waals surface area contributed by atoms with E-state index in [0.29, 0.717) is 10.7 Å². The number of aromatic nitrogens is 1. The van der Waals surface area contributed by atoms with Gasteiger partial charge in [-0.1, -0.05) is 66.2 Å². The molecule has 1 amide bonds. The number of nitrogens with one attached hydrogen (secondary N) is 2. The van der Waals surface area contributed by atoms with Crippen LogP contribution in [0, 0.1) is 0 Å². The van der Waals surface area contributed by atoms with Gasteiger partial charge in [-0.2, -0.15) is 0 Å². The molecule has 4 aromatic rings. The van der Waals surface area contributed by atoms with Crippen LogP contribution >= 0.6 is 11.6 Å². The summed E-state index contributed by atoms with van der Waals surface area (Å²) in [6.07, 6.45) is 1.66. The number of anilines is 1. The van der Waals surface area contributed by atoms with Crippen LogP contribution in [-0.4, -0.2) is 19.3 Å². The monoisotopic (exact) mass is 477 g/mol. The zero-order valence-electron chi connectivity index (χ0n) is 17.4. The molecule has 0 aliphatic heterocycles. The topological polar surface area (TPSA) is 88.2 Å². The normalized spacial score (nSPS) is 11.1. The van der Waals surface area contributed by atoms with Crippen molar-refractivity contribution >= 4 is 33.2 Å². The summed E-state index contributed by atoms with van der Waals surface area (Å²) < 4.78 is 28.0. The molecule has 1 aromatic heterocycles. The highest BCUT2D eigenvalue weighted by Crippen LogP contribution is 2.25. The Balaban J connectivity index is 1.57. The van der Waals surface area contributed by atoms with Crippen LogP contribution in [0.4, 0.5) is 5.69 Å². The Morgan fingerprint density at radius 1 is 0.879 bits per heavy atom. The van der Waals surface area contributed by atoms with E-state index in [4.69, 9.17) is 11.6 Å².